The van der Waals surface area contributed by atoms with Gasteiger partial charge in [0.2, 0.25) is 11.9 Å². The molecular formula is C29H25ClF2N8O2. The number of carbonyl (C=O) groups excluding carboxylic acids is 2. The molecule has 0 aliphatic carbocycles. The number of likely N-dealkylation sites (tertiary alicyclic amines) is 1. The Bertz CT molecular complexity index is 1760. The van der Waals surface area contributed by atoms with Crippen LogP contribution in [0.25, 0.3) is 28.3 Å². The second-order valence-corrected chi connectivity index (χ2v) is 10.3. The van der Waals surface area contributed by atoms with Crippen molar-refractivity contribution in [2.24, 2.45) is 0 Å². The van der Waals surface area contributed by atoms with E-state index in [-0.39, 0.29) is 29.1 Å². The fourth-order valence-electron chi connectivity index (χ4n) is 5.14. The van der Waals surface area contributed by atoms with Crippen molar-refractivity contribution >= 4 is 34.9 Å². The number of hydrogen-bond donors (Lipinski definition) is 1. The summed E-state index contributed by atoms with van der Waals surface area (Å²) < 4.78 is 30.8. The van der Waals surface area contributed by atoms with Crippen LogP contribution in [0, 0.1) is 11.8 Å². The third-order valence-electron chi connectivity index (χ3n) is 7.22. The van der Waals surface area contributed by atoms with Crippen molar-refractivity contribution in [3.05, 3.63) is 84.6 Å². The van der Waals surface area contributed by atoms with Crippen molar-refractivity contribution in [3.8, 4) is 22.6 Å². The Morgan fingerprint density at radius 2 is 1.81 bits per heavy atom. The van der Waals surface area contributed by atoms with Crippen LogP contribution in [0.5, 0.6) is 0 Å². The number of rotatable bonds is 7. The number of nitrogens with zero attached hydrogens (tertiary/aromatic N) is 7. The largest absolute Gasteiger partial charge is 0.343 e. The molecule has 5 aromatic rings. The van der Waals surface area contributed by atoms with E-state index < -0.39 is 11.9 Å². The highest BCUT2D eigenvalue weighted by atomic mass is 35.5. The van der Waals surface area contributed by atoms with E-state index in [9.17, 15) is 18.4 Å². The van der Waals surface area contributed by atoms with Gasteiger partial charge < -0.3 is 14.8 Å². The highest BCUT2D eigenvalue weighted by Crippen LogP contribution is 2.35. The molecule has 0 saturated carbocycles. The van der Waals surface area contributed by atoms with Gasteiger partial charge in [0.25, 0.3) is 5.91 Å². The minimum Gasteiger partial charge on any atom is -0.343 e. The maximum absolute atomic E-state index is 13.7. The van der Waals surface area contributed by atoms with Gasteiger partial charge in [0.15, 0.2) is 11.5 Å². The van der Waals surface area contributed by atoms with Crippen molar-refractivity contribution in [1.82, 2.24) is 34.0 Å². The normalized spacial score (nSPS) is 13.9. The first-order valence-corrected chi connectivity index (χ1v) is 13.9. The Morgan fingerprint density at radius 3 is 2.55 bits per heavy atom. The number of alkyl halides is 1. The van der Waals surface area contributed by atoms with Crippen LogP contribution in [0.2, 0.25) is 0 Å². The number of benzene rings is 1. The SMILES string of the molecule is O=C(Nc1cn2nc(-c3c(-c4ccc(F)cc4)ncn3C3CCN(C(=O)CCCl)CC3)ccc2n1)c1ccnc(F)c1. The molecule has 0 radical (unpaired) electrons. The van der Waals surface area contributed by atoms with Gasteiger partial charge >= 0.3 is 0 Å². The monoisotopic (exact) mass is 590 g/mol. The summed E-state index contributed by atoms with van der Waals surface area (Å²) in [6.07, 6.45) is 6.29. The maximum atomic E-state index is 13.7. The summed E-state index contributed by atoms with van der Waals surface area (Å²) >= 11 is 5.77. The number of fused-ring (bicyclic) bond motifs is 1. The van der Waals surface area contributed by atoms with Crippen LogP contribution in [0.15, 0.2) is 67.3 Å². The van der Waals surface area contributed by atoms with E-state index in [1.54, 1.807) is 30.7 Å². The van der Waals surface area contributed by atoms with Crippen molar-refractivity contribution in [2.75, 3.05) is 24.3 Å². The van der Waals surface area contributed by atoms with E-state index in [0.29, 0.717) is 42.4 Å². The van der Waals surface area contributed by atoms with Gasteiger partial charge in [-0.1, -0.05) is 0 Å². The van der Waals surface area contributed by atoms with Gasteiger partial charge in [0.1, 0.15) is 11.5 Å². The first-order chi connectivity index (χ1) is 20.4. The molecule has 0 atom stereocenters. The molecule has 1 saturated heterocycles. The van der Waals surface area contributed by atoms with Crippen LogP contribution in [0.4, 0.5) is 14.6 Å². The Balaban J connectivity index is 1.33. The lowest BCUT2D eigenvalue weighted by molar-refractivity contribution is -0.132. The lowest BCUT2D eigenvalue weighted by Gasteiger charge is -2.33. The molecule has 6 rings (SSSR count). The molecule has 2 amide bonds. The van der Waals surface area contributed by atoms with Crippen LogP contribution in [-0.2, 0) is 4.79 Å². The van der Waals surface area contributed by atoms with Gasteiger partial charge in [0, 0.05) is 54.8 Å². The number of amides is 2. The zero-order valence-electron chi connectivity index (χ0n) is 22.3. The topological polar surface area (TPSA) is 110 Å². The number of carbonyl (C=O) groups is 2. The third kappa shape index (κ3) is 5.57. The minimum atomic E-state index is -0.759. The number of aromatic nitrogens is 6. The Labute approximate surface area is 244 Å². The number of hydrogen-bond acceptors (Lipinski definition) is 6. The molecule has 1 fully saturated rings. The number of piperidine rings is 1. The van der Waals surface area contributed by atoms with Crippen LogP contribution < -0.4 is 5.32 Å². The summed E-state index contributed by atoms with van der Waals surface area (Å²) in [5.74, 6) is -1.07. The average Bonchev–Trinajstić information content (AvgIpc) is 3.61. The molecule has 0 bridgehead atoms. The van der Waals surface area contributed by atoms with E-state index in [4.69, 9.17) is 21.7 Å². The van der Waals surface area contributed by atoms with Gasteiger partial charge in [-0.05, 0) is 55.3 Å². The second kappa shape index (κ2) is 11.6. The Hall–Kier alpha value is -4.71. The van der Waals surface area contributed by atoms with Crippen molar-refractivity contribution in [3.63, 3.8) is 0 Å². The molecule has 0 unspecified atom stereocenters. The van der Waals surface area contributed by atoms with Gasteiger partial charge in [-0.25, -0.2) is 23.9 Å². The molecule has 0 spiro atoms. The van der Waals surface area contributed by atoms with Gasteiger partial charge in [-0.2, -0.15) is 9.49 Å². The molecule has 1 aromatic carbocycles. The molecule has 4 aromatic heterocycles. The summed E-state index contributed by atoms with van der Waals surface area (Å²) in [5, 5.41) is 7.44. The Morgan fingerprint density at radius 1 is 1.02 bits per heavy atom. The predicted molar refractivity (Wildman–Crippen MR) is 152 cm³/mol. The zero-order chi connectivity index (χ0) is 29.2. The Kier molecular flexibility index (Phi) is 7.62. The van der Waals surface area contributed by atoms with Crippen LogP contribution >= 0.6 is 11.6 Å². The van der Waals surface area contributed by atoms with E-state index in [1.165, 1.54) is 28.9 Å². The molecular weight excluding hydrogens is 566 g/mol. The molecule has 1 aliphatic rings. The summed E-state index contributed by atoms with van der Waals surface area (Å²) in [5.41, 5.74) is 3.28. The number of nitrogens with one attached hydrogen (secondary N) is 1. The van der Waals surface area contributed by atoms with Gasteiger partial charge in [0.05, 0.1) is 23.9 Å². The standard InChI is InChI=1S/C29H25ClF2N8O2/c30-11-7-26(41)38-13-9-21(10-14-38)39-17-34-27(18-1-3-20(31)4-2-18)28(39)22-5-6-25-35-24(16-40(25)37-22)36-29(42)19-8-12-33-23(32)15-19/h1-6,8,12,15-17,21H,7,9-11,13-14H2,(H,36,42). The molecule has 1 aliphatic heterocycles. The lowest BCUT2D eigenvalue weighted by atomic mass is 10.0. The first-order valence-electron chi connectivity index (χ1n) is 13.4. The summed E-state index contributed by atoms with van der Waals surface area (Å²) in [6.45, 7) is 1.20. The van der Waals surface area contributed by atoms with Crippen molar-refractivity contribution < 1.29 is 18.4 Å². The number of pyridine rings is 1. The lowest BCUT2D eigenvalue weighted by Crippen LogP contribution is -2.39. The number of imidazole rings is 2. The highest BCUT2D eigenvalue weighted by Gasteiger charge is 2.27. The zero-order valence-corrected chi connectivity index (χ0v) is 23.0. The summed E-state index contributed by atoms with van der Waals surface area (Å²) in [7, 11) is 0. The molecule has 5 heterocycles. The van der Waals surface area contributed by atoms with E-state index >= 15 is 0 Å². The second-order valence-electron chi connectivity index (χ2n) is 9.88. The fourth-order valence-corrected chi connectivity index (χ4v) is 5.31. The minimum absolute atomic E-state index is 0.0468. The third-order valence-corrected chi connectivity index (χ3v) is 7.41. The number of anilines is 1. The maximum Gasteiger partial charge on any atom is 0.257 e. The first kappa shape index (κ1) is 27.5. The summed E-state index contributed by atoms with van der Waals surface area (Å²) in [6, 6.07) is 12.2. The molecule has 1 N–H and O–H groups in total. The molecule has 214 valence electrons. The van der Waals surface area contributed by atoms with Gasteiger partial charge in [-0.15, -0.1) is 11.6 Å². The number of halogens is 3. The van der Waals surface area contributed by atoms with Crippen LogP contribution in [0.3, 0.4) is 0 Å². The van der Waals surface area contributed by atoms with Gasteiger partial charge in [-0.3, -0.25) is 9.59 Å². The predicted octanol–water partition coefficient (Wildman–Crippen LogP) is 4.98. The van der Waals surface area contributed by atoms with E-state index in [1.807, 2.05) is 11.0 Å². The van der Waals surface area contributed by atoms with Crippen molar-refractivity contribution in [1.29, 1.82) is 0 Å². The van der Waals surface area contributed by atoms with Crippen LogP contribution in [0.1, 0.15) is 35.7 Å². The molecule has 10 nitrogen and oxygen atoms in total. The average molecular weight is 591 g/mol. The fraction of sp³-hybridized carbons (Fsp3) is 0.241. The van der Waals surface area contributed by atoms with E-state index in [2.05, 4.69) is 19.9 Å². The smallest absolute Gasteiger partial charge is 0.257 e. The van der Waals surface area contributed by atoms with E-state index in [0.717, 1.165) is 30.2 Å². The van der Waals surface area contributed by atoms with Crippen molar-refractivity contribution in [2.45, 2.75) is 25.3 Å². The molecule has 13 heteroatoms. The van der Waals surface area contributed by atoms with Crippen LogP contribution in [-0.4, -0.2) is 64.8 Å². The summed E-state index contributed by atoms with van der Waals surface area (Å²) in [4.78, 5) is 39.4. The highest BCUT2D eigenvalue weighted by molar-refractivity contribution is 6.18. The molecule has 42 heavy (non-hydrogen) atoms. The quantitative estimate of drug-likeness (QED) is 0.211.